The number of carbonyl (C=O) groups is 3. The molecule has 0 N–H and O–H groups in total. The topological polar surface area (TPSA) is 63.7 Å². The Morgan fingerprint density at radius 2 is 2.07 bits per heavy atom. The molecule has 1 fully saturated rings. The van der Waals surface area contributed by atoms with Gasteiger partial charge in [-0.25, -0.2) is 4.79 Å². The van der Waals surface area contributed by atoms with Crippen molar-refractivity contribution in [1.82, 2.24) is 4.90 Å². The molecule has 5 nitrogen and oxygen atoms in total. The van der Waals surface area contributed by atoms with Gasteiger partial charge < -0.3 is 9.64 Å². The third-order valence-electron chi connectivity index (χ3n) is 2.46. The number of amides is 1. The standard InChI is InChI=1S/C9H9NO4/c1-14-9(13)8-5-2-3-7(12)10(5)4-6(8)11/h2-4H2,1H3. The second-order valence-corrected chi connectivity index (χ2v) is 3.22. The van der Waals surface area contributed by atoms with Gasteiger partial charge in [0.25, 0.3) is 0 Å². The summed E-state index contributed by atoms with van der Waals surface area (Å²) in [4.78, 5) is 35.2. The molecule has 0 saturated carbocycles. The van der Waals surface area contributed by atoms with Gasteiger partial charge in [0.1, 0.15) is 5.57 Å². The quantitative estimate of drug-likeness (QED) is 0.422. The van der Waals surface area contributed by atoms with Crippen LogP contribution in [0.3, 0.4) is 0 Å². The summed E-state index contributed by atoms with van der Waals surface area (Å²) in [7, 11) is 1.22. The molecule has 0 radical (unpaired) electrons. The molecule has 0 aromatic rings. The van der Waals surface area contributed by atoms with E-state index < -0.39 is 5.97 Å². The summed E-state index contributed by atoms with van der Waals surface area (Å²) >= 11 is 0. The lowest BCUT2D eigenvalue weighted by molar-refractivity contribution is -0.137. The lowest BCUT2D eigenvalue weighted by Crippen LogP contribution is -2.23. The highest BCUT2D eigenvalue weighted by molar-refractivity contribution is 6.21. The number of hydrogen-bond donors (Lipinski definition) is 0. The molecule has 0 bridgehead atoms. The maximum Gasteiger partial charge on any atom is 0.343 e. The molecule has 1 saturated heterocycles. The molecule has 14 heavy (non-hydrogen) atoms. The zero-order valence-electron chi connectivity index (χ0n) is 7.70. The number of hydrogen-bond acceptors (Lipinski definition) is 4. The van der Waals surface area contributed by atoms with E-state index in [-0.39, 0.29) is 23.8 Å². The van der Waals surface area contributed by atoms with Crippen LogP contribution in [0.5, 0.6) is 0 Å². The highest BCUT2D eigenvalue weighted by atomic mass is 16.5. The van der Waals surface area contributed by atoms with Gasteiger partial charge >= 0.3 is 5.97 Å². The van der Waals surface area contributed by atoms with Crippen molar-refractivity contribution in [2.75, 3.05) is 13.7 Å². The van der Waals surface area contributed by atoms with Crippen LogP contribution in [0, 0.1) is 0 Å². The molecule has 0 aromatic heterocycles. The van der Waals surface area contributed by atoms with E-state index in [0.717, 1.165) is 0 Å². The van der Waals surface area contributed by atoms with Gasteiger partial charge in [-0.05, 0) is 6.42 Å². The van der Waals surface area contributed by atoms with E-state index in [1.54, 1.807) is 0 Å². The van der Waals surface area contributed by atoms with Gasteiger partial charge in [0.15, 0.2) is 5.78 Å². The van der Waals surface area contributed by atoms with Crippen LogP contribution in [0.2, 0.25) is 0 Å². The minimum absolute atomic E-state index is 0.00139. The predicted octanol–water partition coefficient (Wildman–Crippen LogP) is -0.381. The molecule has 5 heteroatoms. The summed E-state index contributed by atoms with van der Waals surface area (Å²) < 4.78 is 4.49. The Morgan fingerprint density at radius 3 is 2.71 bits per heavy atom. The molecule has 0 aliphatic carbocycles. The first-order chi connectivity index (χ1) is 6.65. The van der Waals surface area contributed by atoms with Gasteiger partial charge in [-0.15, -0.1) is 0 Å². The van der Waals surface area contributed by atoms with E-state index in [1.165, 1.54) is 12.0 Å². The molecule has 2 aliphatic rings. The average molecular weight is 195 g/mol. The van der Waals surface area contributed by atoms with Crippen molar-refractivity contribution in [2.45, 2.75) is 12.8 Å². The SMILES string of the molecule is COC(=O)C1=C2CCC(=O)N2CC1=O. The van der Waals surface area contributed by atoms with Crippen LogP contribution in [0.1, 0.15) is 12.8 Å². The fourth-order valence-corrected chi connectivity index (χ4v) is 1.81. The normalized spacial score (nSPS) is 20.5. The Balaban J connectivity index is 2.42. The number of nitrogens with zero attached hydrogens (tertiary/aromatic N) is 1. The summed E-state index contributed by atoms with van der Waals surface area (Å²) in [5.41, 5.74) is 0.588. The van der Waals surface area contributed by atoms with Gasteiger partial charge in [0, 0.05) is 12.1 Å². The lowest BCUT2D eigenvalue weighted by atomic mass is 10.1. The number of methoxy groups -OCH3 is 1. The number of ketones is 1. The van der Waals surface area contributed by atoms with Crippen LogP contribution in [-0.2, 0) is 19.1 Å². The molecule has 0 unspecified atom stereocenters. The van der Waals surface area contributed by atoms with Gasteiger partial charge in [-0.2, -0.15) is 0 Å². The second kappa shape index (κ2) is 2.94. The van der Waals surface area contributed by atoms with Crippen molar-refractivity contribution >= 4 is 17.7 Å². The Hall–Kier alpha value is -1.65. The molecule has 0 aromatic carbocycles. The first-order valence-corrected chi connectivity index (χ1v) is 4.30. The Bertz CT molecular complexity index is 369. The number of ether oxygens (including phenoxy) is 1. The van der Waals surface area contributed by atoms with Crippen LogP contribution >= 0.6 is 0 Å². The molecular weight excluding hydrogens is 186 g/mol. The van der Waals surface area contributed by atoms with Crippen LogP contribution in [-0.4, -0.2) is 36.2 Å². The van der Waals surface area contributed by atoms with Crippen molar-refractivity contribution in [3.63, 3.8) is 0 Å². The highest BCUT2D eigenvalue weighted by Crippen LogP contribution is 2.31. The Labute approximate surface area is 80.3 Å². The molecule has 74 valence electrons. The lowest BCUT2D eigenvalue weighted by Gasteiger charge is -2.07. The van der Waals surface area contributed by atoms with Crippen molar-refractivity contribution in [3.8, 4) is 0 Å². The Morgan fingerprint density at radius 1 is 1.36 bits per heavy atom. The predicted molar refractivity (Wildman–Crippen MR) is 45.0 cm³/mol. The molecule has 0 atom stereocenters. The summed E-state index contributed by atoms with van der Waals surface area (Å²) in [6.07, 6.45) is 0.845. The van der Waals surface area contributed by atoms with Gasteiger partial charge in [0.05, 0.1) is 13.7 Å². The van der Waals surface area contributed by atoms with Crippen molar-refractivity contribution in [3.05, 3.63) is 11.3 Å². The van der Waals surface area contributed by atoms with Crippen LogP contribution < -0.4 is 0 Å². The monoisotopic (exact) mass is 195 g/mol. The summed E-state index contributed by atoms with van der Waals surface area (Å²) in [5.74, 6) is -1.05. The fourth-order valence-electron chi connectivity index (χ4n) is 1.81. The number of carbonyl (C=O) groups excluding carboxylic acids is 3. The second-order valence-electron chi connectivity index (χ2n) is 3.22. The van der Waals surface area contributed by atoms with Crippen LogP contribution in [0.25, 0.3) is 0 Å². The van der Waals surface area contributed by atoms with Gasteiger partial charge in [-0.3, -0.25) is 9.59 Å². The number of allylic oxidation sites excluding steroid dienone is 1. The minimum atomic E-state index is -0.637. The largest absolute Gasteiger partial charge is 0.465 e. The highest BCUT2D eigenvalue weighted by Gasteiger charge is 2.41. The number of fused-ring (bicyclic) bond motifs is 1. The number of Topliss-reactive ketones (excluding diaryl/α,β-unsaturated/α-hetero) is 1. The number of esters is 1. The van der Waals surface area contributed by atoms with E-state index in [2.05, 4.69) is 4.74 Å². The van der Waals surface area contributed by atoms with Crippen LogP contribution in [0.4, 0.5) is 0 Å². The zero-order chi connectivity index (χ0) is 10.3. The van der Waals surface area contributed by atoms with Crippen molar-refractivity contribution in [2.24, 2.45) is 0 Å². The van der Waals surface area contributed by atoms with Crippen molar-refractivity contribution in [1.29, 1.82) is 0 Å². The third kappa shape index (κ3) is 1.05. The van der Waals surface area contributed by atoms with E-state index in [4.69, 9.17) is 0 Å². The molecule has 2 heterocycles. The Kier molecular flexibility index (Phi) is 1.87. The molecule has 0 spiro atoms. The van der Waals surface area contributed by atoms with E-state index in [0.29, 0.717) is 18.5 Å². The maximum absolute atomic E-state index is 11.4. The summed E-state index contributed by atoms with van der Waals surface area (Å²) in [6.45, 7) is -0.00139. The van der Waals surface area contributed by atoms with E-state index >= 15 is 0 Å². The summed E-state index contributed by atoms with van der Waals surface area (Å²) in [5, 5.41) is 0. The molecule has 2 aliphatic heterocycles. The minimum Gasteiger partial charge on any atom is -0.465 e. The zero-order valence-corrected chi connectivity index (χ0v) is 7.70. The third-order valence-corrected chi connectivity index (χ3v) is 2.46. The molecule has 1 amide bonds. The van der Waals surface area contributed by atoms with Crippen molar-refractivity contribution < 1.29 is 19.1 Å². The van der Waals surface area contributed by atoms with E-state index in [9.17, 15) is 14.4 Å². The molecule has 2 rings (SSSR count). The average Bonchev–Trinajstić information content (AvgIpc) is 2.65. The molecular formula is C9H9NO4. The summed E-state index contributed by atoms with van der Waals surface area (Å²) in [6, 6.07) is 0. The van der Waals surface area contributed by atoms with Crippen LogP contribution in [0.15, 0.2) is 11.3 Å². The van der Waals surface area contributed by atoms with Gasteiger partial charge in [-0.1, -0.05) is 0 Å². The van der Waals surface area contributed by atoms with E-state index in [1.807, 2.05) is 0 Å². The number of rotatable bonds is 1. The maximum atomic E-state index is 11.4. The first-order valence-electron chi connectivity index (χ1n) is 4.30. The first kappa shape index (κ1) is 8.93. The van der Waals surface area contributed by atoms with Gasteiger partial charge in [0.2, 0.25) is 5.91 Å². The smallest absolute Gasteiger partial charge is 0.343 e. The fraction of sp³-hybridized carbons (Fsp3) is 0.444.